The topological polar surface area (TPSA) is 60.5 Å². The Morgan fingerprint density at radius 2 is 2.00 bits per heavy atom. The molecule has 0 spiro atoms. The molecule has 0 aromatic carbocycles. The number of carbonyl (C=O) groups excluding carboxylic acids is 1. The van der Waals surface area contributed by atoms with Gasteiger partial charge in [0.15, 0.2) is 0 Å². The molecule has 5 heteroatoms. The van der Waals surface area contributed by atoms with Gasteiger partial charge in [-0.3, -0.25) is 4.79 Å². The van der Waals surface area contributed by atoms with E-state index in [0.717, 1.165) is 31.4 Å². The molecule has 0 aliphatic carbocycles. The minimum absolute atomic E-state index is 0.136. The Labute approximate surface area is 139 Å². The van der Waals surface area contributed by atoms with Gasteiger partial charge in [-0.1, -0.05) is 33.1 Å². The third kappa shape index (κ3) is 5.82. The van der Waals surface area contributed by atoms with E-state index in [1.54, 1.807) is 13.2 Å². The number of anilines is 1. The van der Waals surface area contributed by atoms with Crippen LogP contribution in [-0.2, 0) is 9.53 Å². The zero-order valence-electron chi connectivity index (χ0n) is 15.1. The average Bonchev–Trinajstić information content (AvgIpc) is 2.55. The summed E-state index contributed by atoms with van der Waals surface area (Å²) in [5.74, 6) is 0.447. The number of amides is 1. The summed E-state index contributed by atoms with van der Waals surface area (Å²) in [5, 5.41) is 2.93. The normalized spacial score (nSPS) is 13.4. The van der Waals surface area contributed by atoms with Crippen molar-refractivity contribution in [2.24, 2.45) is 0 Å². The molecule has 1 rings (SSSR count). The van der Waals surface area contributed by atoms with Crippen molar-refractivity contribution in [2.75, 3.05) is 19.0 Å². The van der Waals surface area contributed by atoms with E-state index < -0.39 is 5.60 Å². The molecule has 0 saturated carbocycles. The molecule has 0 radical (unpaired) electrons. The molecular formula is C18H30N2O3. The van der Waals surface area contributed by atoms with Gasteiger partial charge in [0.1, 0.15) is 5.60 Å². The van der Waals surface area contributed by atoms with Crippen molar-refractivity contribution in [1.29, 1.82) is 0 Å². The van der Waals surface area contributed by atoms with Gasteiger partial charge in [-0.05, 0) is 32.8 Å². The number of pyridine rings is 1. The standard InChI is InChI=1S/C18H30N2O3/c1-6-8-9-12-18(4,22-5)17(21)20-15-10-11-16(19-14(15)3)23-13-7-2/h10-11H,6-9,12-13H2,1-5H3,(H,20,21)/t18-/m0/s1. The second-order valence-corrected chi connectivity index (χ2v) is 5.98. The van der Waals surface area contributed by atoms with Gasteiger partial charge >= 0.3 is 0 Å². The van der Waals surface area contributed by atoms with E-state index in [4.69, 9.17) is 9.47 Å². The summed E-state index contributed by atoms with van der Waals surface area (Å²) in [7, 11) is 1.58. The summed E-state index contributed by atoms with van der Waals surface area (Å²) < 4.78 is 11.0. The highest BCUT2D eigenvalue weighted by Crippen LogP contribution is 2.23. The lowest BCUT2D eigenvalue weighted by Crippen LogP contribution is -2.42. The average molecular weight is 322 g/mol. The van der Waals surface area contributed by atoms with E-state index in [2.05, 4.69) is 17.2 Å². The molecule has 0 unspecified atom stereocenters. The number of methoxy groups -OCH3 is 1. The number of carbonyl (C=O) groups is 1. The van der Waals surface area contributed by atoms with Crippen molar-refractivity contribution in [3.8, 4) is 5.88 Å². The van der Waals surface area contributed by atoms with E-state index >= 15 is 0 Å². The van der Waals surface area contributed by atoms with Gasteiger partial charge in [-0.25, -0.2) is 4.98 Å². The monoisotopic (exact) mass is 322 g/mol. The number of hydrogen-bond donors (Lipinski definition) is 1. The van der Waals surface area contributed by atoms with Crippen LogP contribution in [0.1, 0.15) is 58.6 Å². The zero-order chi connectivity index (χ0) is 17.3. The molecule has 1 aromatic rings. The Morgan fingerprint density at radius 1 is 1.26 bits per heavy atom. The highest BCUT2D eigenvalue weighted by molar-refractivity contribution is 5.97. The van der Waals surface area contributed by atoms with E-state index in [0.29, 0.717) is 24.6 Å². The van der Waals surface area contributed by atoms with E-state index in [-0.39, 0.29) is 5.91 Å². The summed E-state index contributed by atoms with van der Waals surface area (Å²) in [6.45, 7) is 8.51. The first-order chi connectivity index (χ1) is 11.0. The summed E-state index contributed by atoms with van der Waals surface area (Å²) >= 11 is 0. The maximum absolute atomic E-state index is 12.6. The fraction of sp³-hybridized carbons (Fsp3) is 0.667. The zero-order valence-corrected chi connectivity index (χ0v) is 15.1. The number of nitrogens with zero attached hydrogens (tertiary/aromatic N) is 1. The van der Waals surface area contributed by atoms with Crippen molar-refractivity contribution < 1.29 is 14.3 Å². The first-order valence-corrected chi connectivity index (χ1v) is 8.43. The number of aryl methyl sites for hydroxylation is 1. The number of hydrogen-bond acceptors (Lipinski definition) is 4. The third-order valence-corrected chi connectivity index (χ3v) is 3.95. The van der Waals surface area contributed by atoms with Crippen LogP contribution in [0.2, 0.25) is 0 Å². The Balaban J connectivity index is 2.74. The summed E-state index contributed by atoms with van der Waals surface area (Å²) in [6.07, 6.45) is 4.81. The van der Waals surface area contributed by atoms with Gasteiger partial charge in [0, 0.05) is 13.2 Å². The molecule has 1 aromatic heterocycles. The Bertz CT molecular complexity index is 505. The predicted molar refractivity (Wildman–Crippen MR) is 92.9 cm³/mol. The highest BCUT2D eigenvalue weighted by atomic mass is 16.5. The van der Waals surface area contributed by atoms with Crippen LogP contribution in [-0.4, -0.2) is 30.2 Å². The predicted octanol–water partition coefficient (Wildman–Crippen LogP) is 4.10. The summed E-state index contributed by atoms with van der Waals surface area (Å²) in [6, 6.07) is 3.60. The molecule has 1 atom stereocenters. The van der Waals surface area contributed by atoms with E-state index in [9.17, 15) is 4.79 Å². The van der Waals surface area contributed by atoms with Crippen LogP contribution in [0.3, 0.4) is 0 Å². The van der Waals surface area contributed by atoms with Crippen LogP contribution in [0, 0.1) is 6.92 Å². The molecule has 5 nitrogen and oxygen atoms in total. The molecule has 23 heavy (non-hydrogen) atoms. The first kappa shape index (κ1) is 19.4. The smallest absolute Gasteiger partial charge is 0.256 e. The molecule has 0 aliphatic heterocycles. The Kier molecular flexibility index (Phi) is 8.03. The highest BCUT2D eigenvalue weighted by Gasteiger charge is 2.32. The Hall–Kier alpha value is -1.62. The molecule has 1 amide bonds. The second kappa shape index (κ2) is 9.50. The van der Waals surface area contributed by atoms with Gasteiger partial charge in [-0.2, -0.15) is 0 Å². The van der Waals surface area contributed by atoms with Crippen LogP contribution in [0.4, 0.5) is 5.69 Å². The van der Waals surface area contributed by atoms with Gasteiger partial charge in [0.25, 0.3) is 5.91 Å². The first-order valence-electron chi connectivity index (χ1n) is 8.43. The fourth-order valence-electron chi connectivity index (χ4n) is 2.23. The molecule has 0 aliphatic rings. The van der Waals surface area contributed by atoms with Gasteiger partial charge in [0.2, 0.25) is 5.88 Å². The van der Waals surface area contributed by atoms with E-state index in [1.165, 1.54) is 0 Å². The SMILES string of the molecule is CCCCC[C@](C)(OC)C(=O)Nc1ccc(OCCC)nc1C. The lowest BCUT2D eigenvalue weighted by molar-refractivity contribution is -0.136. The van der Waals surface area contributed by atoms with Crippen molar-refractivity contribution in [3.05, 3.63) is 17.8 Å². The molecule has 0 fully saturated rings. The number of ether oxygens (including phenoxy) is 2. The number of unbranched alkanes of at least 4 members (excludes halogenated alkanes) is 2. The lowest BCUT2D eigenvalue weighted by atomic mass is 9.97. The molecule has 1 N–H and O–H groups in total. The summed E-state index contributed by atoms with van der Waals surface area (Å²) in [5.41, 5.74) is 0.607. The molecule has 130 valence electrons. The fourth-order valence-corrected chi connectivity index (χ4v) is 2.23. The number of rotatable bonds is 10. The third-order valence-electron chi connectivity index (χ3n) is 3.95. The van der Waals surface area contributed by atoms with Crippen LogP contribution in [0.15, 0.2) is 12.1 Å². The van der Waals surface area contributed by atoms with Crippen LogP contribution in [0.25, 0.3) is 0 Å². The maximum Gasteiger partial charge on any atom is 0.256 e. The van der Waals surface area contributed by atoms with Crippen molar-refractivity contribution in [1.82, 2.24) is 4.98 Å². The quantitative estimate of drug-likeness (QED) is 0.659. The minimum atomic E-state index is -0.820. The van der Waals surface area contributed by atoms with Crippen molar-refractivity contribution in [3.63, 3.8) is 0 Å². The number of aromatic nitrogens is 1. The van der Waals surface area contributed by atoms with Crippen molar-refractivity contribution in [2.45, 2.75) is 65.4 Å². The van der Waals surface area contributed by atoms with Gasteiger partial charge in [-0.15, -0.1) is 0 Å². The van der Waals surface area contributed by atoms with Crippen molar-refractivity contribution >= 4 is 11.6 Å². The maximum atomic E-state index is 12.6. The molecular weight excluding hydrogens is 292 g/mol. The number of nitrogens with one attached hydrogen (secondary N) is 1. The summed E-state index contributed by atoms with van der Waals surface area (Å²) in [4.78, 5) is 16.9. The van der Waals surface area contributed by atoms with Gasteiger partial charge in [0.05, 0.1) is 18.0 Å². The van der Waals surface area contributed by atoms with Crippen LogP contribution < -0.4 is 10.1 Å². The van der Waals surface area contributed by atoms with Gasteiger partial charge < -0.3 is 14.8 Å². The van der Waals surface area contributed by atoms with Crippen LogP contribution >= 0.6 is 0 Å². The van der Waals surface area contributed by atoms with Crippen LogP contribution in [0.5, 0.6) is 5.88 Å². The Morgan fingerprint density at radius 3 is 2.57 bits per heavy atom. The van der Waals surface area contributed by atoms with E-state index in [1.807, 2.05) is 26.8 Å². The lowest BCUT2D eigenvalue weighted by Gasteiger charge is -2.27. The molecule has 0 bridgehead atoms. The minimum Gasteiger partial charge on any atom is -0.478 e. The largest absolute Gasteiger partial charge is 0.478 e. The molecule has 0 saturated heterocycles. The molecule has 1 heterocycles. The second-order valence-electron chi connectivity index (χ2n) is 5.98.